The summed E-state index contributed by atoms with van der Waals surface area (Å²) < 4.78 is 5.28. The molecule has 0 saturated heterocycles. The summed E-state index contributed by atoms with van der Waals surface area (Å²) in [4.78, 5) is 17.0. The number of hydrogen-bond donors (Lipinski definition) is 1. The second kappa shape index (κ2) is 7.21. The molecule has 2 aromatic heterocycles. The fraction of sp³-hybridized carbons (Fsp3) is 0.250. The fourth-order valence-corrected chi connectivity index (χ4v) is 3.13. The van der Waals surface area contributed by atoms with Crippen LogP contribution in [0, 0.1) is 6.92 Å². The highest BCUT2D eigenvalue weighted by molar-refractivity contribution is 7.15. The van der Waals surface area contributed by atoms with Gasteiger partial charge in [-0.2, -0.15) is 0 Å². The fourth-order valence-electron chi connectivity index (χ4n) is 2.25. The average Bonchev–Trinajstić information content (AvgIpc) is 3.00. The van der Waals surface area contributed by atoms with E-state index in [-0.39, 0.29) is 5.91 Å². The number of carbonyl (C=O) groups is 1. The lowest BCUT2D eigenvalue weighted by Gasteiger charge is -2.08. The molecule has 24 heavy (non-hydrogen) atoms. The van der Waals surface area contributed by atoms with Gasteiger partial charge < -0.3 is 4.74 Å². The minimum absolute atomic E-state index is 0.271. The lowest BCUT2D eigenvalue weighted by molar-refractivity contribution is 0.102. The van der Waals surface area contributed by atoms with E-state index in [0.717, 1.165) is 5.69 Å². The third-order valence-electron chi connectivity index (χ3n) is 3.28. The zero-order valence-corrected chi connectivity index (χ0v) is 14.7. The summed E-state index contributed by atoms with van der Waals surface area (Å²) in [7, 11) is 0. The number of nitrogens with zero attached hydrogens (tertiary/aromatic N) is 3. The zero-order chi connectivity index (χ0) is 17.1. The first-order valence-electron chi connectivity index (χ1n) is 7.36. The van der Waals surface area contributed by atoms with Crippen molar-refractivity contribution in [1.29, 1.82) is 0 Å². The maximum Gasteiger partial charge on any atom is 0.258 e. The van der Waals surface area contributed by atoms with Crippen LogP contribution in [0.4, 0.5) is 5.13 Å². The van der Waals surface area contributed by atoms with Crippen LogP contribution < -0.4 is 5.32 Å². The van der Waals surface area contributed by atoms with Gasteiger partial charge in [0.1, 0.15) is 11.6 Å². The van der Waals surface area contributed by atoms with E-state index in [1.165, 1.54) is 11.3 Å². The first-order valence-corrected chi connectivity index (χ1v) is 8.55. The molecule has 0 radical (unpaired) electrons. The van der Waals surface area contributed by atoms with Gasteiger partial charge in [0.25, 0.3) is 5.91 Å². The van der Waals surface area contributed by atoms with E-state index in [2.05, 4.69) is 20.5 Å². The molecule has 124 valence electrons. The Kier molecular flexibility index (Phi) is 5.03. The van der Waals surface area contributed by atoms with Crippen molar-refractivity contribution in [2.45, 2.75) is 20.5 Å². The predicted molar refractivity (Wildman–Crippen MR) is 94.7 cm³/mol. The number of aromatic nitrogens is 3. The highest BCUT2D eigenvalue weighted by Gasteiger charge is 2.15. The lowest BCUT2D eigenvalue weighted by atomic mass is 10.1. The molecule has 1 N–H and O–H groups in total. The molecule has 0 spiro atoms. The Bertz CT molecular complexity index is 897. The van der Waals surface area contributed by atoms with Gasteiger partial charge >= 0.3 is 0 Å². The van der Waals surface area contributed by atoms with E-state index in [4.69, 9.17) is 16.3 Å². The summed E-state index contributed by atoms with van der Waals surface area (Å²) in [5.74, 6) is -0.271. The second-order valence-electron chi connectivity index (χ2n) is 5.04. The Morgan fingerprint density at radius 1 is 1.38 bits per heavy atom. The van der Waals surface area contributed by atoms with Crippen molar-refractivity contribution in [3.05, 3.63) is 45.6 Å². The van der Waals surface area contributed by atoms with Gasteiger partial charge in [-0.3, -0.25) is 15.1 Å². The van der Waals surface area contributed by atoms with Crippen LogP contribution in [0.1, 0.15) is 28.0 Å². The summed E-state index contributed by atoms with van der Waals surface area (Å²) >= 11 is 7.48. The second-order valence-corrected chi connectivity index (χ2v) is 6.51. The van der Waals surface area contributed by atoms with E-state index in [0.29, 0.717) is 44.8 Å². The van der Waals surface area contributed by atoms with Crippen molar-refractivity contribution < 1.29 is 9.53 Å². The number of ether oxygens (including phenoxy) is 1. The van der Waals surface area contributed by atoms with E-state index in [1.54, 1.807) is 18.2 Å². The van der Waals surface area contributed by atoms with Crippen LogP contribution in [0.5, 0.6) is 0 Å². The lowest BCUT2D eigenvalue weighted by Crippen LogP contribution is -2.13. The minimum Gasteiger partial charge on any atom is -0.374 e. The Morgan fingerprint density at radius 2 is 2.21 bits per heavy atom. The number of rotatable bonds is 5. The van der Waals surface area contributed by atoms with Crippen LogP contribution in [0.25, 0.3) is 10.9 Å². The quantitative estimate of drug-likeness (QED) is 0.746. The third kappa shape index (κ3) is 3.53. The molecular weight excluding hydrogens is 348 g/mol. The molecule has 2 heterocycles. The first-order chi connectivity index (χ1) is 11.6. The minimum atomic E-state index is -0.271. The molecule has 0 aliphatic rings. The standard InChI is InChI=1S/C16H15ClN4O2S/c1-3-23-8-13-20-21-16(24-13)19-15(22)11-7-9(2)18-14-10(11)5-4-6-12(14)17/h4-7H,3,8H2,1-2H3,(H,19,21,22). The molecule has 0 atom stereocenters. The number of pyridine rings is 1. The van der Waals surface area contributed by atoms with Crippen molar-refractivity contribution in [2.75, 3.05) is 11.9 Å². The predicted octanol–water partition coefficient (Wildman–Crippen LogP) is 3.84. The number of hydrogen-bond acceptors (Lipinski definition) is 6. The molecular formula is C16H15ClN4O2S. The van der Waals surface area contributed by atoms with Crippen LogP contribution in [0.2, 0.25) is 5.02 Å². The maximum atomic E-state index is 12.6. The van der Waals surface area contributed by atoms with Gasteiger partial charge in [-0.15, -0.1) is 10.2 Å². The zero-order valence-electron chi connectivity index (χ0n) is 13.2. The number of aryl methyl sites for hydroxylation is 1. The highest BCUT2D eigenvalue weighted by Crippen LogP contribution is 2.26. The summed E-state index contributed by atoms with van der Waals surface area (Å²) in [6, 6.07) is 7.10. The normalized spacial score (nSPS) is 11.0. The molecule has 1 amide bonds. The van der Waals surface area contributed by atoms with E-state index in [9.17, 15) is 4.79 Å². The van der Waals surface area contributed by atoms with Crippen molar-refractivity contribution >= 4 is 44.9 Å². The Labute approximate surface area is 147 Å². The van der Waals surface area contributed by atoms with Gasteiger partial charge in [-0.05, 0) is 26.0 Å². The largest absolute Gasteiger partial charge is 0.374 e. The number of para-hydroxylation sites is 1. The molecule has 3 rings (SSSR count). The van der Waals surface area contributed by atoms with Crippen LogP contribution in [-0.4, -0.2) is 27.7 Å². The number of fused-ring (bicyclic) bond motifs is 1. The molecule has 3 aromatic rings. The molecule has 0 fully saturated rings. The van der Waals surface area contributed by atoms with Gasteiger partial charge in [0.2, 0.25) is 5.13 Å². The summed E-state index contributed by atoms with van der Waals surface area (Å²) in [5.41, 5.74) is 1.83. The van der Waals surface area contributed by atoms with Gasteiger partial charge in [0.15, 0.2) is 0 Å². The monoisotopic (exact) mass is 362 g/mol. The molecule has 1 aromatic carbocycles. The molecule has 8 heteroatoms. The van der Waals surface area contributed by atoms with Crippen molar-refractivity contribution in [3.63, 3.8) is 0 Å². The molecule has 0 saturated carbocycles. The number of carbonyl (C=O) groups excluding carboxylic acids is 1. The Hall–Kier alpha value is -2.09. The molecule has 0 bridgehead atoms. The van der Waals surface area contributed by atoms with E-state index >= 15 is 0 Å². The third-order valence-corrected chi connectivity index (χ3v) is 4.40. The topological polar surface area (TPSA) is 77.0 Å². The van der Waals surface area contributed by atoms with Gasteiger partial charge in [-0.25, -0.2) is 0 Å². The van der Waals surface area contributed by atoms with E-state index in [1.807, 2.05) is 19.9 Å². The van der Waals surface area contributed by atoms with Crippen LogP contribution >= 0.6 is 22.9 Å². The highest BCUT2D eigenvalue weighted by atomic mass is 35.5. The number of amides is 1. The summed E-state index contributed by atoms with van der Waals surface area (Å²) in [5, 5.41) is 13.1. The molecule has 0 unspecified atom stereocenters. The van der Waals surface area contributed by atoms with Crippen molar-refractivity contribution in [2.24, 2.45) is 0 Å². The molecule has 0 aliphatic heterocycles. The Morgan fingerprint density at radius 3 is 3.00 bits per heavy atom. The number of nitrogens with one attached hydrogen (secondary N) is 1. The number of halogens is 1. The smallest absolute Gasteiger partial charge is 0.258 e. The number of benzene rings is 1. The van der Waals surface area contributed by atoms with Gasteiger partial charge in [-0.1, -0.05) is 35.1 Å². The van der Waals surface area contributed by atoms with E-state index < -0.39 is 0 Å². The van der Waals surface area contributed by atoms with Gasteiger partial charge in [0.05, 0.1) is 16.1 Å². The Balaban J connectivity index is 1.89. The molecule has 6 nitrogen and oxygen atoms in total. The maximum absolute atomic E-state index is 12.6. The van der Waals surface area contributed by atoms with Crippen LogP contribution in [-0.2, 0) is 11.3 Å². The van der Waals surface area contributed by atoms with Crippen LogP contribution in [0.3, 0.4) is 0 Å². The van der Waals surface area contributed by atoms with Gasteiger partial charge in [0, 0.05) is 17.7 Å². The average molecular weight is 363 g/mol. The van der Waals surface area contributed by atoms with Crippen LogP contribution in [0.15, 0.2) is 24.3 Å². The summed E-state index contributed by atoms with van der Waals surface area (Å²) in [6.45, 7) is 4.72. The van der Waals surface area contributed by atoms with Crippen molar-refractivity contribution in [3.8, 4) is 0 Å². The number of anilines is 1. The molecule has 0 aliphatic carbocycles. The van der Waals surface area contributed by atoms with Crippen molar-refractivity contribution in [1.82, 2.24) is 15.2 Å². The first kappa shape index (κ1) is 16.8. The summed E-state index contributed by atoms with van der Waals surface area (Å²) in [6.07, 6.45) is 0. The SMILES string of the molecule is CCOCc1nnc(NC(=O)c2cc(C)nc3c(Cl)cccc23)s1.